The van der Waals surface area contributed by atoms with Gasteiger partial charge in [0.2, 0.25) is 5.91 Å². The number of alkyl carbamates (subject to hydrolysis) is 1. The molecular weight excluding hydrogens is 432 g/mol. The number of aliphatic carboxylic acids is 1. The van der Waals surface area contributed by atoms with Crippen LogP contribution < -0.4 is 10.6 Å². The lowest BCUT2D eigenvalue weighted by Gasteiger charge is -2.26. The van der Waals surface area contributed by atoms with Crippen molar-refractivity contribution in [3.8, 4) is 11.1 Å². The highest BCUT2D eigenvalue weighted by Gasteiger charge is 2.33. The van der Waals surface area contributed by atoms with Crippen LogP contribution in [-0.2, 0) is 14.3 Å². The lowest BCUT2D eigenvalue weighted by atomic mass is 9.87. The van der Waals surface area contributed by atoms with E-state index in [1.165, 1.54) is 0 Å². The van der Waals surface area contributed by atoms with E-state index in [-0.39, 0.29) is 25.0 Å². The van der Waals surface area contributed by atoms with Gasteiger partial charge in [0.1, 0.15) is 12.6 Å². The van der Waals surface area contributed by atoms with Gasteiger partial charge in [-0.1, -0.05) is 69.3 Å². The second-order valence-electron chi connectivity index (χ2n) is 9.59. The Kier molecular flexibility index (Phi) is 7.97. The molecule has 3 rings (SSSR count). The van der Waals surface area contributed by atoms with Gasteiger partial charge in [0.05, 0.1) is 5.41 Å². The number of nitrogens with one attached hydrogen (secondary N) is 2. The summed E-state index contributed by atoms with van der Waals surface area (Å²) in [5, 5.41) is 14.8. The Hall–Kier alpha value is -3.35. The van der Waals surface area contributed by atoms with E-state index >= 15 is 0 Å². The zero-order valence-corrected chi connectivity index (χ0v) is 20.3. The third-order valence-corrected chi connectivity index (χ3v) is 6.61. The van der Waals surface area contributed by atoms with E-state index in [1.807, 2.05) is 50.2 Å². The molecule has 0 saturated carbocycles. The van der Waals surface area contributed by atoms with E-state index < -0.39 is 29.4 Å². The maximum absolute atomic E-state index is 12.8. The standard InChI is InChI=1S/C27H34N2O5/c1-5-27(4,25(31)32)16-28-24(30)23(14-17(2)3)29-26(33)34-15-22-20-12-8-6-10-18(20)19-11-7-9-13-21(19)22/h6-13,17,22-23H,5,14-16H2,1-4H3,(H,28,30)(H,29,33)(H,31,32)/t23-,27?/m1/s1. The Morgan fingerprint density at radius 3 is 2.09 bits per heavy atom. The Balaban J connectivity index is 1.64. The molecule has 182 valence electrons. The first-order valence-corrected chi connectivity index (χ1v) is 11.8. The van der Waals surface area contributed by atoms with Crippen molar-refractivity contribution in [1.29, 1.82) is 0 Å². The average Bonchev–Trinajstić information content (AvgIpc) is 3.14. The Bertz CT molecular complexity index is 1010. The van der Waals surface area contributed by atoms with Crippen molar-refractivity contribution in [1.82, 2.24) is 10.6 Å². The maximum Gasteiger partial charge on any atom is 0.407 e. The summed E-state index contributed by atoms with van der Waals surface area (Å²) in [4.78, 5) is 37.0. The quantitative estimate of drug-likeness (QED) is 0.476. The fourth-order valence-corrected chi connectivity index (χ4v) is 4.24. The lowest BCUT2D eigenvalue weighted by Crippen LogP contribution is -2.50. The third-order valence-electron chi connectivity index (χ3n) is 6.61. The van der Waals surface area contributed by atoms with Crippen LogP contribution in [0.3, 0.4) is 0 Å². The van der Waals surface area contributed by atoms with Crippen LogP contribution in [0.25, 0.3) is 11.1 Å². The number of hydrogen-bond acceptors (Lipinski definition) is 4. The fraction of sp³-hybridized carbons (Fsp3) is 0.444. The third kappa shape index (κ3) is 5.58. The number of fused-ring (bicyclic) bond motifs is 3. The Morgan fingerprint density at radius 2 is 1.59 bits per heavy atom. The minimum Gasteiger partial charge on any atom is -0.481 e. The monoisotopic (exact) mass is 466 g/mol. The second kappa shape index (κ2) is 10.7. The molecule has 0 aromatic heterocycles. The predicted octanol–water partition coefficient (Wildman–Crippen LogP) is 4.56. The van der Waals surface area contributed by atoms with Crippen molar-refractivity contribution in [3.63, 3.8) is 0 Å². The van der Waals surface area contributed by atoms with Crippen LogP contribution in [0, 0.1) is 11.3 Å². The zero-order chi connectivity index (χ0) is 24.9. The fourth-order valence-electron chi connectivity index (χ4n) is 4.24. The first-order valence-electron chi connectivity index (χ1n) is 11.8. The van der Waals surface area contributed by atoms with Gasteiger partial charge in [-0.2, -0.15) is 0 Å². The van der Waals surface area contributed by atoms with Gasteiger partial charge in [-0.05, 0) is 47.9 Å². The van der Waals surface area contributed by atoms with Gasteiger partial charge in [0.25, 0.3) is 0 Å². The highest BCUT2D eigenvalue weighted by molar-refractivity contribution is 5.86. The van der Waals surface area contributed by atoms with Crippen molar-refractivity contribution in [2.45, 2.75) is 52.5 Å². The minimum atomic E-state index is -1.07. The Morgan fingerprint density at radius 1 is 1.03 bits per heavy atom. The van der Waals surface area contributed by atoms with Crippen molar-refractivity contribution < 1.29 is 24.2 Å². The molecular formula is C27H34N2O5. The van der Waals surface area contributed by atoms with E-state index in [0.717, 1.165) is 22.3 Å². The van der Waals surface area contributed by atoms with Crippen LogP contribution in [-0.4, -0.2) is 42.3 Å². The summed E-state index contributed by atoms with van der Waals surface area (Å²) in [7, 11) is 0. The zero-order valence-electron chi connectivity index (χ0n) is 20.3. The number of rotatable bonds is 10. The molecule has 0 heterocycles. The molecule has 7 heteroatoms. The molecule has 0 fully saturated rings. The summed E-state index contributed by atoms with van der Waals surface area (Å²) in [6, 6.07) is 15.3. The van der Waals surface area contributed by atoms with Crippen LogP contribution in [0.1, 0.15) is 57.6 Å². The molecule has 0 aliphatic heterocycles. The molecule has 2 aromatic rings. The van der Waals surface area contributed by atoms with Gasteiger partial charge in [0, 0.05) is 12.5 Å². The SMILES string of the molecule is CCC(C)(CNC(=O)[C@@H](CC(C)C)NC(=O)OCC1c2ccccc2-c2ccccc21)C(=O)O. The molecule has 0 saturated heterocycles. The van der Waals surface area contributed by atoms with Crippen LogP contribution in [0.2, 0.25) is 0 Å². The summed E-state index contributed by atoms with van der Waals surface area (Å²) in [5.74, 6) is -1.32. The van der Waals surface area contributed by atoms with Gasteiger partial charge in [0.15, 0.2) is 0 Å². The largest absolute Gasteiger partial charge is 0.481 e. The number of benzene rings is 2. The van der Waals surface area contributed by atoms with Crippen LogP contribution in [0.5, 0.6) is 0 Å². The van der Waals surface area contributed by atoms with Crippen molar-refractivity contribution >= 4 is 18.0 Å². The van der Waals surface area contributed by atoms with Gasteiger partial charge >= 0.3 is 12.1 Å². The second-order valence-corrected chi connectivity index (χ2v) is 9.59. The summed E-state index contributed by atoms with van der Waals surface area (Å²) >= 11 is 0. The smallest absolute Gasteiger partial charge is 0.407 e. The van der Waals surface area contributed by atoms with Crippen molar-refractivity contribution in [2.24, 2.45) is 11.3 Å². The van der Waals surface area contributed by atoms with E-state index in [0.29, 0.717) is 12.8 Å². The minimum absolute atomic E-state index is 0.0152. The van der Waals surface area contributed by atoms with Crippen molar-refractivity contribution in [2.75, 3.05) is 13.2 Å². The van der Waals surface area contributed by atoms with Crippen LogP contribution >= 0.6 is 0 Å². The number of amides is 2. The first-order chi connectivity index (χ1) is 16.2. The van der Waals surface area contributed by atoms with Crippen LogP contribution in [0.4, 0.5) is 4.79 Å². The molecule has 7 nitrogen and oxygen atoms in total. The molecule has 3 N–H and O–H groups in total. The summed E-state index contributed by atoms with van der Waals surface area (Å²) in [6.07, 6.45) is 0.114. The summed E-state index contributed by atoms with van der Waals surface area (Å²) in [5.41, 5.74) is 3.44. The number of carbonyl (C=O) groups is 3. The van der Waals surface area contributed by atoms with E-state index in [9.17, 15) is 19.5 Å². The van der Waals surface area contributed by atoms with Gasteiger partial charge in [-0.3, -0.25) is 9.59 Å². The number of carbonyl (C=O) groups excluding carboxylic acids is 2. The van der Waals surface area contributed by atoms with Gasteiger partial charge in [-0.25, -0.2) is 4.79 Å². The molecule has 2 atom stereocenters. The Labute approximate surface area is 200 Å². The molecule has 0 bridgehead atoms. The predicted molar refractivity (Wildman–Crippen MR) is 130 cm³/mol. The summed E-state index contributed by atoms with van der Waals surface area (Å²) < 4.78 is 5.58. The summed E-state index contributed by atoms with van der Waals surface area (Å²) in [6.45, 7) is 7.40. The molecule has 1 unspecified atom stereocenters. The average molecular weight is 467 g/mol. The van der Waals surface area contributed by atoms with Crippen molar-refractivity contribution in [3.05, 3.63) is 59.7 Å². The molecule has 1 aliphatic rings. The van der Waals surface area contributed by atoms with E-state index in [4.69, 9.17) is 4.74 Å². The lowest BCUT2D eigenvalue weighted by molar-refractivity contribution is -0.148. The number of carboxylic acid groups (broad SMARTS) is 1. The topological polar surface area (TPSA) is 105 Å². The maximum atomic E-state index is 12.8. The number of ether oxygens (including phenoxy) is 1. The molecule has 0 spiro atoms. The van der Waals surface area contributed by atoms with Gasteiger partial charge < -0.3 is 20.5 Å². The number of hydrogen-bond donors (Lipinski definition) is 3. The highest BCUT2D eigenvalue weighted by Crippen LogP contribution is 2.44. The van der Waals surface area contributed by atoms with Gasteiger partial charge in [-0.15, -0.1) is 0 Å². The molecule has 2 amide bonds. The van der Waals surface area contributed by atoms with E-state index in [2.05, 4.69) is 22.8 Å². The normalized spacial score (nSPS) is 15.1. The van der Waals surface area contributed by atoms with Crippen LogP contribution in [0.15, 0.2) is 48.5 Å². The molecule has 2 aromatic carbocycles. The number of carboxylic acids is 1. The molecule has 0 radical (unpaired) electrons. The first kappa shape index (κ1) is 25.3. The highest BCUT2D eigenvalue weighted by atomic mass is 16.5. The molecule has 1 aliphatic carbocycles. The molecule has 34 heavy (non-hydrogen) atoms. The van der Waals surface area contributed by atoms with E-state index in [1.54, 1.807) is 13.8 Å².